The minimum Gasteiger partial charge on any atom is -0.319 e. The molecule has 4 heteroatoms. The quantitative estimate of drug-likeness (QED) is 0.667. The maximum absolute atomic E-state index is 10.9. The Balaban J connectivity index is 3.11. The predicted molar refractivity (Wildman–Crippen MR) is 46.7 cm³/mol. The molecule has 0 radical (unpaired) electrons. The van der Waals surface area contributed by atoms with Gasteiger partial charge in [-0.25, -0.2) is 4.98 Å². The highest BCUT2D eigenvalue weighted by atomic mass is 16.1. The number of nitrogens with zero attached hydrogens (tertiary/aromatic N) is 1. The zero-order valence-electron chi connectivity index (χ0n) is 7.29. The number of aromatic nitrogens is 2. The van der Waals surface area contributed by atoms with Crippen LogP contribution in [0.25, 0.3) is 0 Å². The number of hydrogen-bond acceptors (Lipinski definition) is 3. The van der Waals surface area contributed by atoms with Crippen molar-refractivity contribution < 1.29 is 0 Å². The van der Waals surface area contributed by atoms with E-state index >= 15 is 0 Å². The fraction of sp³-hybridized carbons (Fsp3) is 0.500. The molecule has 0 amide bonds. The summed E-state index contributed by atoms with van der Waals surface area (Å²) in [4.78, 5) is 17.5. The Kier molecular flexibility index (Phi) is 2.28. The maximum atomic E-state index is 10.9. The van der Waals surface area contributed by atoms with Gasteiger partial charge in [-0.2, -0.15) is 0 Å². The molecule has 4 nitrogen and oxygen atoms in total. The fourth-order valence-electron chi connectivity index (χ4n) is 0.828. The van der Waals surface area contributed by atoms with Gasteiger partial charge in [-0.3, -0.25) is 4.79 Å². The minimum absolute atomic E-state index is 0.162. The van der Waals surface area contributed by atoms with Crippen LogP contribution in [-0.4, -0.2) is 9.97 Å². The zero-order chi connectivity index (χ0) is 9.19. The molecule has 1 rings (SSSR count). The van der Waals surface area contributed by atoms with Gasteiger partial charge in [0.05, 0.1) is 5.54 Å². The van der Waals surface area contributed by atoms with Gasteiger partial charge in [0.1, 0.15) is 5.82 Å². The molecule has 0 aromatic carbocycles. The van der Waals surface area contributed by atoms with Crippen LogP contribution in [0.15, 0.2) is 17.1 Å². The highest BCUT2D eigenvalue weighted by Crippen LogP contribution is 2.14. The van der Waals surface area contributed by atoms with Gasteiger partial charge in [0.25, 0.3) is 5.56 Å². The van der Waals surface area contributed by atoms with Crippen molar-refractivity contribution in [2.75, 3.05) is 0 Å². The number of nitrogens with two attached hydrogens (primary N) is 1. The van der Waals surface area contributed by atoms with Gasteiger partial charge in [-0.15, -0.1) is 0 Å². The lowest BCUT2D eigenvalue weighted by Gasteiger charge is -2.20. The first-order valence-corrected chi connectivity index (χ1v) is 3.91. The van der Waals surface area contributed by atoms with Crippen molar-refractivity contribution in [2.24, 2.45) is 5.73 Å². The highest BCUT2D eigenvalue weighted by molar-refractivity contribution is 5.02. The van der Waals surface area contributed by atoms with Crippen LogP contribution in [0.4, 0.5) is 0 Å². The highest BCUT2D eigenvalue weighted by Gasteiger charge is 2.20. The second kappa shape index (κ2) is 3.06. The van der Waals surface area contributed by atoms with E-state index in [4.69, 9.17) is 5.73 Å². The smallest absolute Gasteiger partial charge is 0.250 e. The lowest BCUT2D eigenvalue weighted by molar-refractivity contribution is 0.444. The summed E-state index contributed by atoms with van der Waals surface area (Å²) >= 11 is 0. The molecule has 0 aliphatic carbocycles. The molecule has 3 N–H and O–H groups in total. The molecular weight excluding hydrogens is 154 g/mol. The third kappa shape index (κ3) is 1.71. The van der Waals surface area contributed by atoms with Crippen molar-refractivity contribution in [3.05, 3.63) is 28.4 Å². The van der Waals surface area contributed by atoms with Gasteiger partial charge in [-0.1, -0.05) is 6.92 Å². The summed E-state index contributed by atoms with van der Waals surface area (Å²) in [5.74, 6) is 0.539. The molecule has 12 heavy (non-hydrogen) atoms. The van der Waals surface area contributed by atoms with Gasteiger partial charge in [0.15, 0.2) is 0 Å². The van der Waals surface area contributed by atoms with E-state index in [-0.39, 0.29) is 5.56 Å². The Hall–Kier alpha value is -1.16. The first-order valence-electron chi connectivity index (χ1n) is 3.91. The van der Waals surface area contributed by atoms with Crippen molar-refractivity contribution in [2.45, 2.75) is 25.8 Å². The Morgan fingerprint density at radius 2 is 2.42 bits per heavy atom. The Morgan fingerprint density at radius 1 is 1.75 bits per heavy atom. The van der Waals surface area contributed by atoms with E-state index in [9.17, 15) is 4.79 Å². The van der Waals surface area contributed by atoms with Crippen molar-refractivity contribution in [3.63, 3.8) is 0 Å². The fourth-order valence-corrected chi connectivity index (χ4v) is 0.828. The third-order valence-electron chi connectivity index (χ3n) is 1.95. The summed E-state index contributed by atoms with van der Waals surface area (Å²) in [6, 6.07) is 1.37. The largest absolute Gasteiger partial charge is 0.319 e. The van der Waals surface area contributed by atoms with Gasteiger partial charge < -0.3 is 10.7 Å². The van der Waals surface area contributed by atoms with Crippen LogP contribution in [-0.2, 0) is 5.54 Å². The first kappa shape index (κ1) is 8.93. The monoisotopic (exact) mass is 167 g/mol. The van der Waals surface area contributed by atoms with Crippen LogP contribution in [0, 0.1) is 0 Å². The van der Waals surface area contributed by atoms with Crippen LogP contribution < -0.4 is 11.3 Å². The summed E-state index contributed by atoms with van der Waals surface area (Å²) in [6.45, 7) is 3.79. The third-order valence-corrected chi connectivity index (χ3v) is 1.95. The Labute approximate surface area is 70.8 Å². The van der Waals surface area contributed by atoms with Crippen LogP contribution in [0.3, 0.4) is 0 Å². The average molecular weight is 167 g/mol. The number of rotatable bonds is 2. The zero-order valence-corrected chi connectivity index (χ0v) is 7.29. The van der Waals surface area contributed by atoms with E-state index in [2.05, 4.69) is 9.97 Å². The van der Waals surface area contributed by atoms with Crippen LogP contribution in [0.2, 0.25) is 0 Å². The lowest BCUT2D eigenvalue weighted by atomic mass is 10.00. The molecule has 1 unspecified atom stereocenters. The minimum atomic E-state index is -0.541. The lowest BCUT2D eigenvalue weighted by Crippen LogP contribution is -2.35. The molecule has 0 spiro atoms. The van der Waals surface area contributed by atoms with Gasteiger partial charge in [0.2, 0.25) is 0 Å². The van der Waals surface area contributed by atoms with E-state index in [1.165, 1.54) is 12.3 Å². The van der Waals surface area contributed by atoms with E-state index in [1.807, 2.05) is 13.8 Å². The van der Waals surface area contributed by atoms with E-state index in [0.717, 1.165) is 6.42 Å². The Morgan fingerprint density at radius 3 is 2.92 bits per heavy atom. The van der Waals surface area contributed by atoms with Crippen molar-refractivity contribution in [1.82, 2.24) is 9.97 Å². The maximum Gasteiger partial charge on any atom is 0.250 e. The molecule has 0 aliphatic rings. The van der Waals surface area contributed by atoms with Gasteiger partial charge in [-0.05, 0) is 13.3 Å². The topological polar surface area (TPSA) is 71.8 Å². The van der Waals surface area contributed by atoms with E-state index < -0.39 is 5.54 Å². The predicted octanol–water partition coefficient (Wildman–Crippen LogP) is 0.354. The molecule has 1 heterocycles. The SMILES string of the molecule is CCC(C)(N)c1nccc(=O)[nH]1. The number of aromatic amines is 1. The molecule has 1 atom stereocenters. The van der Waals surface area contributed by atoms with Crippen LogP contribution >= 0.6 is 0 Å². The summed E-state index contributed by atoms with van der Waals surface area (Å²) in [7, 11) is 0. The summed E-state index contributed by atoms with van der Waals surface area (Å²) < 4.78 is 0. The van der Waals surface area contributed by atoms with Gasteiger partial charge in [0, 0.05) is 12.3 Å². The van der Waals surface area contributed by atoms with Crippen LogP contribution in [0.1, 0.15) is 26.1 Å². The molecule has 0 saturated heterocycles. The normalized spacial score (nSPS) is 15.6. The van der Waals surface area contributed by atoms with Gasteiger partial charge >= 0.3 is 0 Å². The summed E-state index contributed by atoms with van der Waals surface area (Å²) in [5, 5.41) is 0. The second-order valence-electron chi connectivity index (χ2n) is 3.05. The van der Waals surface area contributed by atoms with Crippen LogP contribution in [0.5, 0.6) is 0 Å². The molecule has 1 aromatic heterocycles. The Bertz CT molecular complexity index is 316. The van der Waals surface area contributed by atoms with Crippen molar-refractivity contribution in [3.8, 4) is 0 Å². The molecule has 1 aromatic rings. The summed E-state index contributed by atoms with van der Waals surface area (Å²) in [5.41, 5.74) is 5.17. The first-order chi connectivity index (χ1) is 5.56. The van der Waals surface area contributed by atoms with E-state index in [0.29, 0.717) is 5.82 Å². The second-order valence-corrected chi connectivity index (χ2v) is 3.05. The van der Waals surface area contributed by atoms with Crippen molar-refractivity contribution in [1.29, 1.82) is 0 Å². The number of H-pyrrole nitrogens is 1. The molecule has 0 fully saturated rings. The molecule has 0 saturated carbocycles. The average Bonchev–Trinajstić information content (AvgIpc) is 2.05. The number of nitrogens with one attached hydrogen (secondary N) is 1. The molecule has 0 aliphatic heterocycles. The molecular formula is C8H13N3O. The molecule has 0 bridgehead atoms. The van der Waals surface area contributed by atoms with E-state index in [1.54, 1.807) is 0 Å². The van der Waals surface area contributed by atoms with Crippen molar-refractivity contribution >= 4 is 0 Å². The summed E-state index contributed by atoms with van der Waals surface area (Å²) in [6.07, 6.45) is 2.20. The molecule has 66 valence electrons. The standard InChI is InChI=1S/C8H13N3O/c1-3-8(2,9)7-10-5-4-6(12)11-7/h4-5H,3,9H2,1-2H3,(H,10,11,12). The number of hydrogen-bond donors (Lipinski definition) is 2.